The van der Waals surface area contributed by atoms with Crippen molar-refractivity contribution in [3.8, 4) is 0 Å². The van der Waals surface area contributed by atoms with Crippen LogP contribution in [0.5, 0.6) is 0 Å². The fourth-order valence-corrected chi connectivity index (χ4v) is 4.80. The summed E-state index contributed by atoms with van der Waals surface area (Å²) in [6.07, 6.45) is 3.82. The minimum atomic E-state index is -3.08. The number of piperidine rings is 1. The highest BCUT2D eigenvalue weighted by Gasteiger charge is 2.83. The van der Waals surface area contributed by atoms with Gasteiger partial charge in [0.25, 0.3) is 5.92 Å². The fourth-order valence-electron chi connectivity index (χ4n) is 4.80. The van der Waals surface area contributed by atoms with Gasteiger partial charge in [-0.25, -0.2) is 13.8 Å². The molecule has 0 bridgehead atoms. The van der Waals surface area contributed by atoms with Crippen molar-refractivity contribution in [3.63, 3.8) is 0 Å². The van der Waals surface area contributed by atoms with Crippen LogP contribution in [-0.4, -0.2) is 36.6 Å². The Morgan fingerprint density at radius 2 is 1.80 bits per heavy atom. The van der Waals surface area contributed by atoms with Gasteiger partial charge in [-0.05, 0) is 62.3 Å². The number of carbonyl (C=O) groups excluding carboxylic acids is 1. The molecule has 160 valence electrons. The SMILES string of the molecule is CCOC(=O)C1(C)C(c2ccc(C3CCN(c4ncccc4C)CC3)cc2)C1(F)F. The van der Waals surface area contributed by atoms with Gasteiger partial charge in [-0.1, -0.05) is 30.3 Å². The number of ether oxygens (including phenoxy) is 1. The average Bonchev–Trinajstić information content (AvgIpc) is 3.22. The van der Waals surface area contributed by atoms with E-state index in [0.29, 0.717) is 11.5 Å². The average molecular weight is 414 g/mol. The third-order valence-electron chi connectivity index (χ3n) is 6.77. The second-order valence-electron chi connectivity index (χ2n) is 8.55. The van der Waals surface area contributed by atoms with Gasteiger partial charge in [0.2, 0.25) is 0 Å². The Morgan fingerprint density at radius 1 is 1.17 bits per heavy atom. The molecule has 2 aliphatic rings. The van der Waals surface area contributed by atoms with Crippen molar-refractivity contribution in [1.29, 1.82) is 0 Å². The van der Waals surface area contributed by atoms with Gasteiger partial charge in [0.15, 0.2) is 0 Å². The van der Waals surface area contributed by atoms with E-state index in [4.69, 9.17) is 4.74 Å². The Hall–Kier alpha value is -2.50. The second kappa shape index (κ2) is 7.64. The van der Waals surface area contributed by atoms with Crippen molar-refractivity contribution >= 4 is 11.8 Å². The molecule has 2 heterocycles. The van der Waals surface area contributed by atoms with Crippen LogP contribution in [0.25, 0.3) is 0 Å². The van der Waals surface area contributed by atoms with Crippen LogP contribution in [0.4, 0.5) is 14.6 Å². The van der Waals surface area contributed by atoms with Crippen molar-refractivity contribution in [2.24, 2.45) is 5.41 Å². The summed E-state index contributed by atoms with van der Waals surface area (Å²) >= 11 is 0. The Balaban J connectivity index is 1.43. The zero-order chi connectivity index (χ0) is 21.5. The van der Waals surface area contributed by atoms with Gasteiger partial charge in [-0.15, -0.1) is 0 Å². The van der Waals surface area contributed by atoms with Crippen LogP contribution in [0.15, 0.2) is 42.6 Å². The molecule has 1 aromatic carbocycles. The topological polar surface area (TPSA) is 42.4 Å². The monoisotopic (exact) mass is 414 g/mol. The molecule has 1 aliphatic heterocycles. The molecule has 0 N–H and O–H groups in total. The Morgan fingerprint density at radius 3 is 2.40 bits per heavy atom. The van der Waals surface area contributed by atoms with Gasteiger partial charge < -0.3 is 9.64 Å². The molecule has 2 atom stereocenters. The first-order valence-electron chi connectivity index (χ1n) is 10.6. The van der Waals surface area contributed by atoms with E-state index < -0.39 is 23.2 Å². The van der Waals surface area contributed by atoms with Gasteiger partial charge in [0.1, 0.15) is 11.2 Å². The number of hydrogen-bond acceptors (Lipinski definition) is 4. The van der Waals surface area contributed by atoms with E-state index in [2.05, 4.69) is 22.9 Å². The Kier molecular flexibility index (Phi) is 5.28. The van der Waals surface area contributed by atoms with Crippen molar-refractivity contribution in [1.82, 2.24) is 4.98 Å². The molecule has 6 heteroatoms. The highest BCUT2D eigenvalue weighted by molar-refractivity contribution is 5.85. The summed E-state index contributed by atoms with van der Waals surface area (Å²) in [7, 11) is 0. The lowest BCUT2D eigenvalue weighted by molar-refractivity contribution is -0.153. The van der Waals surface area contributed by atoms with Crippen molar-refractivity contribution in [2.75, 3.05) is 24.6 Å². The van der Waals surface area contributed by atoms with Gasteiger partial charge in [-0.3, -0.25) is 4.79 Å². The lowest BCUT2D eigenvalue weighted by Crippen LogP contribution is -2.33. The van der Waals surface area contributed by atoms with Crippen molar-refractivity contribution in [3.05, 3.63) is 59.3 Å². The summed E-state index contributed by atoms with van der Waals surface area (Å²) in [5.41, 5.74) is 1.07. The number of halogens is 2. The minimum Gasteiger partial charge on any atom is -0.465 e. The van der Waals surface area contributed by atoms with E-state index in [1.54, 1.807) is 19.1 Å². The van der Waals surface area contributed by atoms with Crippen LogP contribution in [0.2, 0.25) is 0 Å². The van der Waals surface area contributed by atoms with Crippen LogP contribution in [-0.2, 0) is 9.53 Å². The molecule has 30 heavy (non-hydrogen) atoms. The lowest BCUT2D eigenvalue weighted by atomic mass is 9.88. The maximum absolute atomic E-state index is 14.5. The molecule has 1 aromatic heterocycles. The van der Waals surface area contributed by atoms with E-state index in [1.165, 1.54) is 12.5 Å². The van der Waals surface area contributed by atoms with Crippen LogP contribution in [0, 0.1) is 12.3 Å². The number of aryl methyl sites for hydroxylation is 1. The Labute approximate surface area is 176 Å². The fraction of sp³-hybridized carbons (Fsp3) is 0.500. The summed E-state index contributed by atoms with van der Waals surface area (Å²) in [4.78, 5) is 18.9. The number of nitrogens with zero attached hydrogens (tertiary/aromatic N) is 2. The standard InChI is InChI=1S/C24H28F2N2O2/c1-4-30-22(29)23(3)20(24(23,25)26)19-9-7-17(8-10-19)18-11-14-28(15-12-18)21-16(2)6-5-13-27-21/h5-10,13,18,20H,4,11-12,14-15H2,1-3H3. The molecule has 4 nitrogen and oxygen atoms in total. The maximum Gasteiger partial charge on any atom is 0.318 e. The number of esters is 1. The molecular weight excluding hydrogens is 386 g/mol. The normalized spacial score (nSPS) is 25.8. The van der Waals surface area contributed by atoms with E-state index in [9.17, 15) is 13.6 Å². The number of hydrogen-bond donors (Lipinski definition) is 0. The highest BCUT2D eigenvalue weighted by atomic mass is 19.3. The first-order chi connectivity index (χ1) is 14.3. The molecular formula is C24H28F2N2O2. The third kappa shape index (κ3) is 3.26. The van der Waals surface area contributed by atoms with Crippen LogP contribution < -0.4 is 4.90 Å². The predicted molar refractivity (Wildman–Crippen MR) is 112 cm³/mol. The van der Waals surface area contributed by atoms with Crippen molar-refractivity contribution in [2.45, 2.75) is 51.4 Å². The van der Waals surface area contributed by atoms with Crippen molar-refractivity contribution < 1.29 is 18.3 Å². The van der Waals surface area contributed by atoms with Crippen LogP contribution in [0.3, 0.4) is 0 Å². The molecule has 1 saturated carbocycles. The second-order valence-corrected chi connectivity index (χ2v) is 8.55. The predicted octanol–water partition coefficient (Wildman–Crippen LogP) is 5.08. The molecule has 0 spiro atoms. The van der Waals surface area contributed by atoms with E-state index >= 15 is 0 Å². The highest BCUT2D eigenvalue weighted by Crippen LogP contribution is 2.71. The number of pyridine rings is 1. The molecule has 0 amide bonds. The number of aromatic nitrogens is 1. The lowest BCUT2D eigenvalue weighted by Gasteiger charge is -2.33. The zero-order valence-corrected chi connectivity index (χ0v) is 17.7. The summed E-state index contributed by atoms with van der Waals surface area (Å²) in [5.74, 6) is -3.57. The molecule has 2 aromatic rings. The summed E-state index contributed by atoms with van der Waals surface area (Å²) < 4.78 is 33.9. The summed E-state index contributed by atoms with van der Waals surface area (Å²) in [5, 5.41) is 0. The molecule has 1 saturated heterocycles. The first-order valence-corrected chi connectivity index (χ1v) is 10.6. The number of anilines is 1. The summed E-state index contributed by atoms with van der Waals surface area (Å²) in [6, 6.07) is 11.4. The van der Waals surface area contributed by atoms with Crippen LogP contribution >= 0.6 is 0 Å². The number of rotatable bonds is 5. The number of alkyl halides is 2. The zero-order valence-electron chi connectivity index (χ0n) is 17.7. The van der Waals surface area contributed by atoms with E-state index in [1.807, 2.05) is 24.4 Å². The largest absolute Gasteiger partial charge is 0.465 e. The van der Waals surface area contributed by atoms with Gasteiger partial charge in [0.05, 0.1) is 12.5 Å². The van der Waals surface area contributed by atoms with Gasteiger partial charge in [-0.2, -0.15) is 0 Å². The number of benzene rings is 1. The van der Waals surface area contributed by atoms with Gasteiger partial charge >= 0.3 is 5.97 Å². The molecule has 2 unspecified atom stereocenters. The van der Waals surface area contributed by atoms with Crippen LogP contribution in [0.1, 0.15) is 55.2 Å². The smallest absolute Gasteiger partial charge is 0.318 e. The third-order valence-corrected chi connectivity index (χ3v) is 6.77. The molecule has 2 fully saturated rings. The van der Waals surface area contributed by atoms with E-state index in [-0.39, 0.29) is 6.61 Å². The quantitative estimate of drug-likeness (QED) is 0.640. The Bertz CT molecular complexity index is 923. The minimum absolute atomic E-state index is 0.104. The van der Waals surface area contributed by atoms with Gasteiger partial charge in [0, 0.05) is 19.3 Å². The van der Waals surface area contributed by atoms with E-state index in [0.717, 1.165) is 37.3 Å². The molecule has 0 radical (unpaired) electrons. The maximum atomic E-state index is 14.5. The molecule has 1 aliphatic carbocycles. The first kappa shape index (κ1) is 20.8. The summed E-state index contributed by atoms with van der Waals surface area (Å²) in [6.45, 7) is 6.96. The number of carbonyl (C=O) groups is 1. The molecule has 4 rings (SSSR count).